The van der Waals surface area contributed by atoms with Crippen LogP contribution in [0.5, 0.6) is 5.75 Å². The van der Waals surface area contributed by atoms with Crippen molar-refractivity contribution in [1.82, 2.24) is 4.98 Å². The average Bonchev–Trinajstić information content (AvgIpc) is 3.00. The van der Waals surface area contributed by atoms with Gasteiger partial charge in [-0.25, -0.2) is 9.78 Å². The minimum atomic E-state index is -0.939. The number of carbonyl (C=O) groups is 1. The van der Waals surface area contributed by atoms with Gasteiger partial charge >= 0.3 is 5.97 Å². The number of hydrogen-bond donors (Lipinski definition) is 1. The van der Waals surface area contributed by atoms with Gasteiger partial charge in [0.25, 0.3) is 0 Å². The van der Waals surface area contributed by atoms with E-state index in [1.165, 1.54) is 11.3 Å². The van der Waals surface area contributed by atoms with Crippen molar-refractivity contribution in [2.24, 2.45) is 0 Å². The molecule has 1 aromatic carbocycles. The van der Waals surface area contributed by atoms with Crippen LogP contribution in [0.15, 0.2) is 16.5 Å². The highest BCUT2D eigenvalue weighted by molar-refractivity contribution is 7.20. The van der Waals surface area contributed by atoms with Crippen LogP contribution in [-0.2, 0) is 0 Å². The van der Waals surface area contributed by atoms with E-state index in [9.17, 15) is 4.79 Å². The monoisotopic (exact) mass is 291 g/mol. The fraction of sp³-hybridized carbons (Fsp3) is 0.286. The normalized spacial score (nSPS) is 11.6. The van der Waals surface area contributed by atoms with Gasteiger partial charge < -0.3 is 14.3 Å². The molecular weight excluding hydrogens is 278 g/mol. The van der Waals surface area contributed by atoms with E-state index in [0.29, 0.717) is 22.7 Å². The Bertz CT molecular complexity index is 815. The first-order chi connectivity index (χ1) is 9.51. The van der Waals surface area contributed by atoms with E-state index in [1.807, 2.05) is 13.8 Å². The summed E-state index contributed by atoms with van der Waals surface area (Å²) >= 11 is 1.21. The Kier molecular flexibility index (Phi) is 2.90. The Morgan fingerprint density at radius 3 is 2.80 bits per heavy atom. The molecule has 0 aliphatic heterocycles. The summed E-state index contributed by atoms with van der Waals surface area (Å²) in [5.41, 5.74) is 1.23. The predicted octanol–water partition coefficient (Wildman–Crippen LogP) is 3.87. The van der Waals surface area contributed by atoms with Crippen molar-refractivity contribution < 1.29 is 19.1 Å². The minimum absolute atomic E-state index is 0.153. The van der Waals surface area contributed by atoms with E-state index < -0.39 is 5.97 Å². The summed E-state index contributed by atoms with van der Waals surface area (Å²) in [7, 11) is 1.56. The number of rotatable bonds is 3. The van der Waals surface area contributed by atoms with Crippen LogP contribution in [0.3, 0.4) is 0 Å². The highest BCUT2D eigenvalue weighted by Crippen LogP contribution is 2.38. The van der Waals surface area contributed by atoms with Gasteiger partial charge in [0.2, 0.25) is 0 Å². The number of fused-ring (bicyclic) bond motifs is 3. The van der Waals surface area contributed by atoms with Gasteiger partial charge in [-0.1, -0.05) is 13.8 Å². The van der Waals surface area contributed by atoms with Crippen molar-refractivity contribution >= 4 is 38.5 Å². The summed E-state index contributed by atoms with van der Waals surface area (Å²) in [4.78, 5) is 15.9. The molecule has 0 radical (unpaired) electrons. The van der Waals surface area contributed by atoms with Crippen LogP contribution >= 0.6 is 11.3 Å². The summed E-state index contributed by atoms with van der Waals surface area (Å²) < 4.78 is 11.9. The van der Waals surface area contributed by atoms with Crippen LogP contribution in [0, 0.1) is 0 Å². The molecule has 0 fully saturated rings. The lowest BCUT2D eigenvalue weighted by Gasteiger charge is -2.00. The van der Waals surface area contributed by atoms with Crippen molar-refractivity contribution in [3.8, 4) is 5.75 Å². The van der Waals surface area contributed by atoms with E-state index in [2.05, 4.69) is 4.98 Å². The van der Waals surface area contributed by atoms with Crippen LogP contribution in [0.2, 0.25) is 0 Å². The molecule has 3 aromatic rings. The lowest BCUT2D eigenvalue weighted by molar-refractivity contribution is 0.0702. The Morgan fingerprint density at radius 2 is 2.20 bits per heavy atom. The van der Waals surface area contributed by atoms with Crippen LogP contribution in [-0.4, -0.2) is 23.2 Å². The number of aromatic carboxylic acids is 1. The zero-order valence-corrected chi connectivity index (χ0v) is 12.1. The van der Waals surface area contributed by atoms with Crippen molar-refractivity contribution in [3.63, 3.8) is 0 Å². The first kappa shape index (κ1) is 12.9. The van der Waals surface area contributed by atoms with E-state index in [0.717, 1.165) is 10.1 Å². The number of ether oxygens (including phenoxy) is 1. The van der Waals surface area contributed by atoms with Gasteiger partial charge in [-0.2, -0.15) is 0 Å². The minimum Gasteiger partial charge on any atom is -0.493 e. The summed E-state index contributed by atoms with van der Waals surface area (Å²) in [6.07, 6.45) is 0. The van der Waals surface area contributed by atoms with Crippen LogP contribution < -0.4 is 4.74 Å². The Balaban J connectivity index is 2.40. The highest BCUT2D eigenvalue weighted by Gasteiger charge is 2.19. The smallest absolute Gasteiger partial charge is 0.345 e. The SMILES string of the molecule is COc1cc2sc(C(=O)O)cc2c2nc(C(C)C)oc12. The van der Waals surface area contributed by atoms with Crippen LogP contribution in [0.4, 0.5) is 0 Å². The number of benzene rings is 1. The largest absolute Gasteiger partial charge is 0.493 e. The molecule has 2 aromatic heterocycles. The molecule has 104 valence electrons. The topological polar surface area (TPSA) is 72.6 Å². The second-order valence-electron chi connectivity index (χ2n) is 4.79. The van der Waals surface area contributed by atoms with E-state index in [-0.39, 0.29) is 10.8 Å². The van der Waals surface area contributed by atoms with Gasteiger partial charge in [0.1, 0.15) is 10.4 Å². The molecule has 2 heterocycles. The molecule has 0 unspecified atom stereocenters. The Morgan fingerprint density at radius 1 is 1.45 bits per heavy atom. The quantitative estimate of drug-likeness (QED) is 0.793. The van der Waals surface area contributed by atoms with E-state index in [4.69, 9.17) is 14.3 Å². The molecule has 0 aliphatic rings. The van der Waals surface area contributed by atoms with Gasteiger partial charge in [-0.15, -0.1) is 11.3 Å². The summed E-state index contributed by atoms with van der Waals surface area (Å²) in [6, 6.07) is 3.43. The second kappa shape index (κ2) is 4.49. The van der Waals surface area contributed by atoms with Crippen LogP contribution in [0.25, 0.3) is 21.2 Å². The van der Waals surface area contributed by atoms with Gasteiger partial charge in [0.05, 0.1) is 7.11 Å². The summed E-state index contributed by atoms with van der Waals surface area (Å²) in [5.74, 6) is 0.408. The number of aromatic nitrogens is 1. The molecule has 20 heavy (non-hydrogen) atoms. The number of hydrogen-bond acceptors (Lipinski definition) is 5. The third-order valence-corrected chi connectivity index (χ3v) is 4.14. The third kappa shape index (κ3) is 1.84. The lowest BCUT2D eigenvalue weighted by Crippen LogP contribution is -1.89. The maximum Gasteiger partial charge on any atom is 0.345 e. The van der Waals surface area contributed by atoms with Crippen LogP contribution in [0.1, 0.15) is 35.3 Å². The van der Waals surface area contributed by atoms with Gasteiger partial charge in [0, 0.05) is 22.1 Å². The molecule has 0 atom stereocenters. The molecule has 0 bridgehead atoms. The third-order valence-electron chi connectivity index (χ3n) is 3.07. The Labute approximate surface area is 118 Å². The molecule has 5 nitrogen and oxygen atoms in total. The van der Waals surface area contributed by atoms with Gasteiger partial charge in [-0.3, -0.25) is 0 Å². The average molecular weight is 291 g/mol. The van der Waals surface area contributed by atoms with Crippen molar-refractivity contribution in [2.75, 3.05) is 7.11 Å². The molecule has 0 aliphatic carbocycles. The van der Waals surface area contributed by atoms with Gasteiger partial charge in [-0.05, 0) is 6.07 Å². The molecule has 0 saturated carbocycles. The second-order valence-corrected chi connectivity index (χ2v) is 5.87. The fourth-order valence-corrected chi connectivity index (χ4v) is 3.00. The molecule has 6 heteroatoms. The van der Waals surface area contributed by atoms with Crippen molar-refractivity contribution in [3.05, 3.63) is 22.9 Å². The number of thiophene rings is 1. The van der Waals surface area contributed by atoms with E-state index >= 15 is 0 Å². The number of nitrogens with zero attached hydrogens (tertiary/aromatic N) is 1. The van der Waals surface area contributed by atoms with Crippen molar-refractivity contribution in [1.29, 1.82) is 0 Å². The highest BCUT2D eigenvalue weighted by atomic mass is 32.1. The van der Waals surface area contributed by atoms with Gasteiger partial charge in [0.15, 0.2) is 17.2 Å². The molecule has 1 N–H and O–H groups in total. The lowest BCUT2D eigenvalue weighted by atomic mass is 10.2. The molecule has 0 amide bonds. The zero-order chi connectivity index (χ0) is 14.4. The number of methoxy groups -OCH3 is 1. The van der Waals surface area contributed by atoms with Crippen molar-refractivity contribution in [2.45, 2.75) is 19.8 Å². The zero-order valence-electron chi connectivity index (χ0n) is 11.3. The Hall–Kier alpha value is -2.08. The molecule has 0 saturated heterocycles. The molecule has 3 rings (SSSR count). The van der Waals surface area contributed by atoms with E-state index in [1.54, 1.807) is 19.2 Å². The predicted molar refractivity (Wildman–Crippen MR) is 77.0 cm³/mol. The molecular formula is C14H13NO4S. The molecule has 0 spiro atoms. The standard InChI is InChI=1S/C14H13NO4S/c1-6(2)13-15-11-7-4-10(14(16)17)20-9(7)5-8(18-3)12(11)19-13/h4-6H,1-3H3,(H,16,17). The fourth-order valence-electron chi connectivity index (χ4n) is 2.07. The summed E-state index contributed by atoms with van der Waals surface area (Å²) in [6.45, 7) is 3.98. The first-order valence-corrected chi connectivity index (χ1v) is 6.97. The maximum atomic E-state index is 11.1. The number of oxazole rings is 1. The maximum absolute atomic E-state index is 11.1. The first-order valence-electron chi connectivity index (χ1n) is 6.15. The summed E-state index contributed by atoms with van der Waals surface area (Å²) in [5, 5.41) is 9.90. The number of carboxylic acid groups (broad SMARTS) is 1. The number of carboxylic acids is 1.